The molecule has 0 saturated heterocycles. The second kappa shape index (κ2) is 6.46. The molecule has 2 heterocycles. The smallest absolute Gasteiger partial charge is 0.337 e. The highest BCUT2D eigenvalue weighted by molar-refractivity contribution is 6.06. The topological polar surface area (TPSA) is 57.0 Å². The number of para-hydroxylation sites is 3. The molecule has 5 aromatic rings. The molecule has 0 amide bonds. The maximum Gasteiger partial charge on any atom is 0.337 e. The van der Waals surface area contributed by atoms with E-state index in [9.17, 15) is 4.79 Å². The Kier molecular flexibility index (Phi) is 3.79. The van der Waals surface area contributed by atoms with Crippen LogP contribution in [-0.2, 0) is 11.3 Å². The van der Waals surface area contributed by atoms with Gasteiger partial charge in [-0.05, 0) is 35.9 Å². The van der Waals surface area contributed by atoms with Crippen LogP contribution in [0.4, 0.5) is 0 Å². The van der Waals surface area contributed by atoms with Crippen molar-refractivity contribution in [3.05, 3.63) is 83.9 Å². The Morgan fingerprint density at radius 3 is 2.32 bits per heavy atom. The van der Waals surface area contributed by atoms with E-state index in [-0.39, 0.29) is 5.97 Å². The lowest BCUT2D eigenvalue weighted by Crippen LogP contribution is -2.03. The Morgan fingerprint density at radius 2 is 1.57 bits per heavy atom. The van der Waals surface area contributed by atoms with Crippen molar-refractivity contribution < 1.29 is 9.53 Å². The first kappa shape index (κ1) is 16.4. The summed E-state index contributed by atoms with van der Waals surface area (Å²) in [7, 11) is 1.39. The number of hydrogen-bond donors (Lipinski definition) is 0. The van der Waals surface area contributed by atoms with Gasteiger partial charge in [-0.3, -0.25) is 0 Å². The minimum absolute atomic E-state index is 0.333. The zero-order valence-corrected chi connectivity index (χ0v) is 15.3. The summed E-state index contributed by atoms with van der Waals surface area (Å²) in [6.07, 6.45) is 0. The van der Waals surface area contributed by atoms with E-state index in [1.807, 2.05) is 48.5 Å². The van der Waals surface area contributed by atoms with Crippen molar-refractivity contribution in [2.24, 2.45) is 0 Å². The van der Waals surface area contributed by atoms with Gasteiger partial charge in [-0.15, -0.1) is 0 Å². The van der Waals surface area contributed by atoms with Crippen molar-refractivity contribution in [2.45, 2.75) is 6.54 Å². The molecule has 0 spiro atoms. The average Bonchev–Trinajstić information content (AvgIpc) is 3.05. The van der Waals surface area contributed by atoms with E-state index in [1.54, 1.807) is 12.1 Å². The molecule has 136 valence electrons. The first-order valence-corrected chi connectivity index (χ1v) is 9.05. The minimum atomic E-state index is -0.333. The number of benzene rings is 3. The third kappa shape index (κ3) is 2.60. The molecule has 0 atom stereocenters. The van der Waals surface area contributed by atoms with E-state index in [1.165, 1.54) is 7.11 Å². The Hall–Kier alpha value is -3.73. The summed E-state index contributed by atoms with van der Waals surface area (Å²) >= 11 is 0. The van der Waals surface area contributed by atoms with Gasteiger partial charge in [-0.25, -0.2) is 14.8 Å². The summed E-state index contributed by atoms with van der Waals surface area (Å²) in [5, 5.41) is 1.09. The zero-order chi connectivity index (χ0) is 19.1. The van der Waals surface area contributed by atoms with Crippen LogP contribution in [0.2, 0.25) is 0 Å². The van der Waals surface area contributed by atoms with Gasteiger partial charge in [0.15, 0.2) is 5.65 Å². The van der Waals surface area contributed by atoms with Gasteiger partial charge in [0.1, 0.15) is 5.52 Å². The summed E-state index contributed by atoms with van der Waals surface area (Å²) in [6, 6.07) is 23.6. The summed E-state index contributed by atoms with van der Waals surface area (Å²) in [6.45, 7) is 0.637. The van der Waals surface area contributed by atoms with Crippen molar-refractivity contribution in [3.63, 3.8) is 0 Å². The number of methoxy groups -OCH3 is 1. The molecule has 0 fully saturated rings. The maximum atomic E-state index is 11.7. The van der Waals surface area contributed by atoms with Gasteiger partial charge in [0.05, 0.1) is 29.2 Å². The summed E-state index contributed by atoms with van der Waals surface area (Å²) in [4.78, 5) is 21.4. The first-order valence-electron chi connectivity index (χ1n) is 9.05. The Morgan fingerprint density at radius 1 is 0.893 bits per heavy atom. The van der Waals surface area contributed by atoms with E-state index in [2.05, 4.69) is 16.7 Å². The van der Waals surface area contributed by atoms with Crippen molar-refractivity contribution in [1.29, 1.82) is 0 Å². The Labute approximate surface area is 161 Å². The summed E-state index contributed by atoms with van der Waals surface area (Å²) < 4.78 is 6.95. The molecule has 0 aliphatic rings. The molecule has 0 aliphatic heterocycles. The quantitative estimate of drug-likeness (QED) is 0.438. The fourth-order valence-electron chi connectivity index (χ4n) is 3.59. The number of carbonyl (C=O) groups excluding carboxylic acids is 1. The molecule has 3 aromatic carbocycles. The third-order valence-corrected chi connectivity index (χ3v) is 4.97. The lowest BCUT2D eigenvalue weighted by atomic mass is 10.1. The minimum Gasteiger partial charge on any atom is -0.465 e. The van der Waals surface area contributed by atoms with E-state index in [4.69, 9.17) is 14.7 Å². The van der Waals surface area contributed by atoms with Gasteiger partial charge in [-0.1, -0.05) is 42.5 Å². The zero-order valence-electron chi connectivity index (χ0n) is 15.3. The molecular weight excluding hydrogens is 350 g/mol. The molecule has 0 N–H and O–H groups in total. The summed E-state index contributed by atoms with van der Waals surface area (Å²) in [5.41, 5.74) is 6.23. The highest BCUT2D eigenvalue weighted by Gasteiger charge is 2.14. The molecule has 5 heteroatoms. The second-order valence-electron chi connectivity index (χ2n) is 6.68. The third-order valence-electron chi connectivity index (χ3n) is 4.97. The van der Waals surface area contributed by atoms with Crippen LogP contribution in [0.3, 0.4) is 0 Å². The molecule has 5 nitrogen and oxygen atoms in total. The fraction of sp³-hybridized carbons (Fsp3) is 0.0870. The number of hydrogen-bond acceptors (Lipinski definition) is 4. The summed E-state index contributed by atoms with van der Waals surface area (Å²) in [5.74, 6) is -0.333. The maximum absolute atomic E-state index is 11.7. The molecule has 0 bridgehead atoms. The van der Waals surface area contributed by atoms with E-state index < -0.39 is 0 Å². The number of nitrogens with zero attached hydrogens (tertiary/aromatic N) is 3. The molecule has 5 rings (SSSR count). The fourth-order valence-corrected chi connectivity index (χ4v) is 3.59. The van der Waals surface area contributed by atoms with Crippen molar-refractivity contribution in [1.82, 2.24) is 14.5 Å². The highest BCUT2D eigenvalue weighted by atomic mass is 16.5. The molecule has 28 heavy (non-hydrogen) atoms. The van der Waals surface area contributed by atoms with Crippen LogP contribution >= 0.6 is 0 Å². The van der Waals surface area contributed by atoms with Crippen LogP contribution in [0.25, 0.3) is 33.1 Å². The predicted molar refractivity (Wildman–Crippen MR) is 109 cm³/mol. The molecule has 0 unspecified atom stereocenters. The number of rotatable bonds is 3. The lowest BCUT2D eigenvalue weighted by Gasteiger charge is -2.08. The normalized spacial score (nSPS) is 11.3. The molecule has 0 aliphatic carbocycles. The van der Waals surface area contributed by atoms with Gasteiger partial charge in [0.2, 0.25) is 0 Å². The Bertz CT molecular complexity index is 1340. The molecule has 2 aromatic heterocycles. The van der Waals surface area contributed by atoms with Crippen LogP contribution in [0, 0.1) is 0 Å². The van der Waals surface area contributed by atoms with E-state index in [0.717, 1.165) is 38.7 Å². The number of carbonyl (C=O) groups is 1. The monoisotopic (exact) mass is 367 g/mol. The predicted octanol–water partition coefficient (Wildman–Crippen LogP) is 4.57. The van der Waals surface area contributed by atoms with Gasteiger partial charge in [0.25, 0.3) is 0 Å². The van der Waals surface area contributed by atoms with E-state index in [0.29, 0.717) is 12.1 Å². The van der Waals surface area contributed by atoms with Gasteiger partial charge < -0.3 is 9.30 Å². The molecule has 0 radical (unpaired) electrons. The highest BCUT2D eigenvalue weighted by Crippen LogP contribution is 2.28. The molecular formula is C23H17N3O2. The van der Waals surface area contributed by atoms with Crippen LogP contribution < -0.4 is 0 Å². The number of aromatic nitrogens is 3. The molecule has 0 saturated carbocycles. The Balaban J connectivity index is 1.69. The number of ether oxygens (including phenoxy) is 1. The SMILES string of the molecule is COC(=O)c1ccc(Cn2c3ccccc3c3nc4ccccc4nc32)cc1. The van der Waals surface area contributed by atoms with Gasteiger partial charge in [0, 0.05) is 11.9 Å². The lowest BCUT2D eigenvalue weighted by molar-refractivity contribution is 0.0600. The van der Waals surface area contributed by atoms with Crippen molar-refractivity contribution in [3.8, 4) is 0 Å². The van der Waals surface area contributed by atoms with E-state index >= 15 is 0 Å². The van der Waals surface area contributed by atoms with Gasteiger partial charge >= 0.3 is 5.97 Å². The van der Waals surface area contributed by atoms with Crippen LogP contribution in [-0.4, -0.2) is 27.6 Å². The van der Waals surface area contributed by atoms with Gasteiger partial charge in [-0.2, -0.15) is 0 Å². The standard InChI is InChI=1S/C23H17N3O2/c1-28-23(27)16-12-10-15(11-13-16)14-26-20-9-5-2-6-17(20)21-22(26)25-19-8-4-3-7-18(19)24-21/h2-13H,14H2,1H3. The van der Waals surface area contributed by atoms with Crippen LogP contribution in [0.1, 0.15) is 15.9 Å². The second-order valence-corrected chi connectivity index (χ2v) is 6.68. The van der Waals surface area contributed by atoms with Crippen molar-refractivity contribution in [2.75, 3.05) is 7.11 Å². The van der Waals surface area contributed by atoms with Crippen LogP contribution in [0.15, 0.2) is 72.8 Å². The largest absolute Gasteiger partial charge is 0.465 e. The average molecular weight is 367 g/mol. The number of fused-ring (bicyclic) bond motifs is 4. The van der Waals surface area contributed by atoms with Crippen LogP contribution in [0.5, 0.6) is 0 Å². The number of esters is 1. The first-order chi connectivity index (χ1) is 13.7. The van der Waals surface area contributed by atoms with Crippen molar-refractivity contribution >= 4 is 39.1 Å².